The number of fused-ring (bicyclic) bond motifs is 1. The Hall–Kier alpha value is -3.35. The molecule has 1 aliphatic heterocycles. The van der Waals surface area contributed by atoms with E-state index in [1.165, 1.54) is 0 Å². The molecule has 1 heterocycles. The molecule has 7 heteroatoms. The number of aryl methyl sites for hydroxylation is 2. The van der Waals surface area contributed by atoms with Gasteiger partial charge >= 0.3 is 6.03 Å². The van der Waals surface area contributed by atoms with Crippen molar-refractivity contribution in [2.24, 2.45) is 5.84 Å². The third-order valence-electron chi connectivity index (χ3n) is 4.91. The maximum Gasteiger partial charge on any atom is 0.333 e. The molecule has 2 amide bonds. The van der Waals surface area contributed by atoms with Crippen molar-refractivity contribution in [3.63, 3.8) is 0 Å². The van der Waals surface area contributed by atoms with Crippen LogP contribution in [-0.4, -0.2) is 11.8 Å². The molecule has 0 fully saturated rings. The van der Waals surface area contributed by atoms with E-state index in [0.29, 0.717) is 11.4 Å². The number of benzene rings is 3. The van der Waals surface area contributed by atoms with Crippen LogP contribution >= 0.6 is 11.6 Å². The quantitative estimate of drug-likeness (QED) is 0.246. The Bertz CT molecular complexity index is 1070. The molecule has 0 saturated carbocycles. The molecule has 3 aromatic carbocycles. The van der Waals surface area contributed by atoms with Crippen LogP contribution in [0.4, 0.5) is 16.2 Å². The van der Waals surface area contributed by atoms with Crippen molar-refractivity contribution in [3.05, 3.63) is 94.0 Å². The van der Waals surface area contributed by atoms with Crippen LogP contribution in [0.15, 0.2) is 66.7 Å². The molecular weight excluding hydrogens is 412 g/mol. The number of halogens is 1. The highest BCUT2D eigenvalue weighted by atomic mass is 35.5. The average Bonchev–Trinajstić information content (AvgIpc) is 2.76. The zero-order chi connectivity index (χ0) is 22.4. The predicted molar refractivity (Wildman–Crippen MR) is 125 cm³/mol. The summed E-state index contributed by atoms with van der Waals surface area (Å²) in [5, 5.41) is 6.68. The largest absolute Gasteiger partial charge is 0.377 e. The summed E-state index contributed by atoms with van der Waals surface area (Å²) in [5.74, 6) is 5.08. The fourth-order valence-corrected chi connectivity index (χ4v) is 3.38. The third-order valence-corrected chi connectivity index (χ3v) is 5.16. The molecule has 0 radical (unpaired) electrons. The van der Waals surface area contributed by atoms with E-state index in [4.69, 9.17) is 17.4 Å². The van der Waals surface area contributed by atoms with E-state index in [9.17, 15) is 9.59 Å². The van der Waals surface area contributed by atoms with Gasteiger partial charge in [0.15, 0.2) is 5.78 Å². The third kappa shape index (κ3) is 6.07. The van der Waals surface area contributed by atoms with Crippen LogP contribution in [0.3, 0.4) is 0 Å². The number of nitrogens with two attached hydrogens (primary N) is 1. The highest BCUT2D eigenvalue weighted by molar-refractivity contribution is 6.30. The Labute approximate surface area is 186 Å². The number of nitrogens with one attached hydrogen (secondary N) is 3. The maximum atomic E-state index is 12.2. The zero-order valence-corrected chi connectivity index (χ0v) is 18.2. The number of ketones is 1. The topological polar surface area (TPSA) is 96.2 Å². The number of amides is 2. The Kier molecular flexibility index (Phi) is 7.28. The van der Waals surface area contributed by atoms with Crippen LogP contribution in [0.2, 0.25) is 5.02 Å². The maximum absolute atomic E-state index is 12.2. The Balaban J connectivity index is 0.000000196. The second-order valence-electron chi connectivity index (χ2n) is 7.39. The molecule has 0 aromatic heterocycles. The summed E-state index contributed by atoms with van der Waals surface area (Å²) >= 11 is 5.89. The molecule has 3 aromatic rings. The van der Waals surface area contributed by atoms with Gasteiger partial charge in [0.05, 0.1) is 6.04 Å². The Morgan fingerprint density at radius 2 is 1.65 bits per heavy atom. The van der Waals surface area contributed by atoms with Crippen LogP contribution in [0.5, 0.6) is 0 Å². The number of Topliss-reactive ketones (excluding diaryl/α,β-unsaturated/α-hetero) is 1. The van der Waals surface area contributed by atoms with Gasteiger partial charge in [0.25, 0.3) is 0 Å². The van der Waals surface area contributed by atoms with E-state index in [-0.39, 0.29) is 11.8 Å². The van der Waals surface area contributed by atoms with E-state index < -0.39 is 6.03 Å². The molecule has 1 atom stereocenters. The van der Waals surface area contributed by atoms with Gasteiger partial charge in [-0.05, 0) is 55.8 Å². The van der Waals surface area contributed by atoms with Gasteiger partial charge in [0, 0.05) is 28.4 Å². The number of anilines is 2. The molecule has 31 heavy (non-hydrogen) atoms. The molecule has 0 spiro atoms. The van der Waals surface area contributed by atoms with Crippen molar-refractivity contribution >= 4 is 34.8 Å². The second kappa shape index (κ2) is 10.1. The number of hydrazine groups is 1. The summed E-state index contributed by atoms with van der Waals surface area (Å²) in [6.07, 6.45) is 0.484. The van der Waals surface area contributed by atoms with Crippen molar-refractivity contribution in [2.75, 3.05) is 10.6 Å². The highest BCUT2D eigenvalue weighted by Gasteiger charge is 2.25. The SMILES string of the molecule is Cc1ccc(NC(=O)NN)cc1.Cc1ccc2c(c1)C(=O)CC(c1ccc(Cl)cc1)N2. The molecule has 160 valence electrons. The first kappa shape index (κ1) is 22.3. The van der Waals surface area contributed by atoms with Crippen molar-refractivity contribution in [1.29, 1.82) is 0 Å². The molecule has 0 aliphatic carbocycles. The lowest BCUT2D eigenvalue weighted by Gasteiger charge is -2.26. The van der Waals surface area contributed by atoms with Crippen molar-refractivity contribution in [2.45, 2.75) is 26.3 Å². The molecule has 6 nitrogen and oxygen atoms in total. The fraction of sp³-hybridized carbons (Fsp3) is 0.167. The number of carbonyl (C=O) groups is 2. The average molecular weight is 437 g/mol. The highest BCUT2D eigenvalue weighted by Crippen LogP contribution is 2.33. The van der Waals surface area contributed by atoms with Gasteiger partial charge in [-0.15, -0.1) is 0 Å². The van der Waals surface area contributed by atoms with Crippen molar-refractivity contribution in [3.8, 4) is 0 Å². The van der Waals surface area contributed by atoms with E-state index in [2.05, 4.69) is 10.6 Å². The first-order valence-corrected chi connectivity index (χ1v) is 10.2. The lowest BCUT2D eigenvalue weighted by atomic mass is 9.91. The normalized spacial score (nSPS) is 14.5. The van der Waals surface area contributed by atoms with Gasteiger partial charge in [-0.1, -0.05) is 53.1 Å². The van der Waals surface area contributed by atoms with E-state index in [1.807, 2.05) is 86.0 Å². The summed E-state index contributed by atoms with van der Waals surface area (Å²) in [5.41, 5.74) is 7.76. The standard InChI is InChI=1S/C16H14ClNO.C8H11N3O/c1-10-2-7-14-13(8-10)16(19)9-15(18-14)11-3-5-12(17)6-4-11;1-6-2-4-7(5-3-6)10-8(12)11-9/h2-8,15,18H,9H2,1H3;2-5H,9H2,1H3,(H2,10,11,12). The Morgan fingerprint density at radius 1 is 1.00 bits per heavy atom. The van der Waals surface area contributed by atoms with Gasteiger partial charge in [0.1, 0.15) is 0 Å². The van der Waals surface area contributed by atoms with Crippen molar-refractivity contribution < 1.29 is 9.59 Å². The molecule has 5 N–H and O–H groups in total. The molecular formula is C24H25ClN4O2. The molecule has 1 aliphatic rings. The first-order valence-electron chi connectivity index (χ1n) is 9.86. The minimum absolute atomic E-state index is 0.0278. The molecule has 0 bridgehead atoms. The van der Waals surface area contributed by atoms with E-state index >= 15 is 0 Å². The summed E-state index contributed by atoms with van der Waals surface area (Å²) in [4.78, 5) is 22.9. The fourth-order valence-electron chi connectivity index (χ4n) is 3.25. The number of rotatable bonds is 2. The van der Waals surface area contributed by atoms with Gasteiger partial charge in [0.2, 0.25) is 0 Å². The molecule has 4 rings (SSSR count). The second-order valence-corrected chi connectivity index (χ2v) is 7.83. The molecule has 0 saturated heterocycles. The lowest BCUT2D eigenvalue weighted by molar-refractivity contribution is 0.0972. The predicted octanol–water partition coefficient (Wildman–Crippen LogP) is 5.38. The summed E-state index contributed by atoms with van der Waals surface area (Å²) in [7, 11) is 0. The summed E-state index contributed by atoms with van der Waals surface area (Å²) < 4.78 is 0. The smallest absolute Gasteiger partial charge is 0.333 e. The number of hydrogen-bond donors (Lipinski definition) is 4. The number of carbonyl (C=O) groups excluding carboxylic acids is 2. The van der Waals surface area contributed by atoms with Gasteiger partial charge in [-0.3, -0.25) is 10.2 Å². The minimum atomic E-state index is -0.418. The zero-order valence-electron chi connectivity index (χ0n) is 17.4. The van der Waals surface area contributed by atoms with E-state index in [1.54, 1.807) is 0 Å². The van der Waals surface area contributed by atoms with Crippen molar-refractivity contribution in [1.82, 2.24) is 5.43 Å². The lowest BCUT2D eigenvalue weighted by Crippen LogP contribution is -2.34. The van der Waals surface area contributed by atoms with Gasteiger partial charge in [-0.25, -0.2) is 10.6 Å². The van der Waals surface area contributed by atoms with Crippen LogP contribution < -0.4 is 21.9 Å². The minimum Gasteiger partial charge on any atom is -0.377 e. The van der Waals surface area contributed by atoms with Gasteiger partial charge < -0.3 is 10.6 Å². The number of urea groups is 1. The van der Waals surface area contributed by atoms with Crippen LogP contribution in [0.25, 0.3) is 0 Å². The molecule has 1 unspecified atom stereocenters. The first-order chi connectivity index (χ1) is 14.9. The van der Waals surface area contributed by atoms with Crippen LogP contribution in [-0.2, 0) is 0 Å². The number of hydrogen-bond acceptors (Lipinski definition) is 4. The van der Waals surface area contributed by atoms with Crippen LogP contribution in [0.1, 0.15) is 39.5 Å². The van der Waals surface area contributed by atoms with Gasteiger partial charge in [-0.2, -0.15) is 0 Å². The monoisotopic (exact) mass is 436 g/mol. The van der Waals surface area contributed by atoms with Crippen LogP contribution in [0, 0.1) is 13.8 Å². The van der Waals surface area contributed by atoms with E-state index in [0.717, 1.165) is 33.6 Å². The summed E-state index contributed by atoms with van der Waals surface area (Å²) in [6, 6.07) is 20.6. The summed E-state index contributed by atoms with van der Waals surface area (Å²) in [6.45, 7) is 3.98. The Morgan fingerprint density at radius 3 is 2.29 bits per heavy atom.